The van der Waals surface area contributed by atoms with Crippen molar-refractivity contribution in [1.82, 2.24) is 15.2 Å². The molecule has 4 rings (SSSR count). The Hall–Kier alpha value is -2.77. The van der Waals surface area contributed by atoms with Gasteiger partial charge in [0.25, 0.3) is 0 Å². The Morgan fingerprint density at radius 3 is 2.78 bits per heavy atom. The van der Waals surface area contributed by atoms with Gasteiger partial charge in [0.2, 0.25) is 0 Å². The lowest BCUT2D eigenvalue weighted by Crippen LogP contribution is -2.46. The van der Waals surface area contributed by atoms with Crippen molar-refractivity contribution >= 4 is 16.7 Å². The maximum atomic E-state index is 15.7. The number of halogens is 2. The van der Waals surface area contributed by atoms with Crippen LogP contribution in [0, 0.1) is 18.7 Å². The third kappa shape index (κ3) is 5.32. The number of alkyl halides is 1. The third-order valence-corrected chi connectivity index (χ3v) is 7.41. The van der Waals surface area contributed by atoms with Gasteiger partial charge in [-0.05, 0) is 69.5 Å². The molecule has 2 heterocycles. The number of hydrogen-bond donors (Lipinski definition) is 2. The zero-order chi connectivity index (χ0) is 25.8. The first-order valence-electron chi connectivity index (χ1n) is 12.9. The molecule has 0 saturated carbocycles. The van der Waals surface area contributed by atoms with Crippen LogP contribution in [0.2, 0.25) is 0 Å². The van der Waals surface area contributed by atoms with Gasteiger partial charge in [0, 0.05) is 47.2 Å². The Morgan fingerprint density at radius 2 is 2.03 bits per heavy atom. The predicted octanol–water partition coefficient (Wildman–Crippen LogP) is 5.50. The van der Waals surface area contributed by atoms with Crippen molar-refractivity contribution in [3.8, 4) is 5.75 Å². The quantitative estimate of drug-likeness (QED) is 0.343. The zero-order valence-electron chi connectivity index (χ0n) is 21.7. The lowest BCUT2D eigenvalue weighted by atomic mass is 9.85. The monoisotopic (exact) mass is 497 g/mol. The zero-order valence-corrected chi connectivity index (χ0v) is 21.7. The van der Waals surface area contributed by atoms with Crippen molar-refractivity contribution < 1.29 is 18.3 Å². The van der Waals surface area contributed by atoms with Gasteiger partial charge in [-0.1, -0.05) is 25.1 Å². The summed E-state index contributed by atoms with van der Waals surface area (Å²) in [5.74, 6) is 0.302. The van der Waals surface area contributed by atoms with Gasteiger partial charge in [-0.3, -0.25) is 14.1 Å². The molecule has 2 unspecified atom stereocenters. The average molecular weight is 498 g/mol. The Kier molecular flexibility index (Phi) is 8.42. The highest BCUT2D eigenvalue weighted by Gasteiger charge is 2.39. The van der Waals surface area contributed by atoms with Crippen molar-refractivity contribution in [1.29, 1.82) is 0 Å². The molecule has 0 aliphatic carbocycles. The number of benzene rings is 2. The number of fused-ring (bicyclic) bond motifs is 3. The van der Waals surface area contributed by atoms with E-state index < -0.39 is 0 Å². The van der Waals surface area contributed by atoms with Crippen LogP contribution in [0.4, 0.5) is 8.78 Å². The minimum absolute atomic E-state index is 0.117. The molecule has 194 valence electrons. The van der Waals surface area contributed by atoms with E-state index in [0.717, 1.165) is 28.6 Å². The first kappa shape index (κ1) is 26.3. The van der Waals surface area contributed by atoms with E-state index in [1.807, 2.05) is 26.0 Å². The van der Waals surface area contributed by atoms with Gasteiger partial charge in [0.05, 0.1) is 12.7 Å². The van der Waals surface area contributed by atoms with E-state index in [9.17, 15) is 9.18 Å². The van der Waals surface area contributed by atoms with Crippen molar-refractivity contribution in [2.75, 3.05) is 32.9 Å². The van der Waals surface area contributed by atoms with Crippen LogP contribution in [-0.2, 0) is 11.2 Å². The van der Waals surface area contributed by atoms with Crippen LogP contribution in [0.25, 0.3) is 10.9 Å². The number of H-pyrrole nitrogens is 1. The summed E-state index contributed by atoms with van der Waals surface area (Å²) in [4.78, 5) is 18.0. The number of rotatable bonds is 11. The summed E-state index contributed by atoms with van der Waals surface area (Å²) in [5, 5.41) is 4.31. The van der Waals surface area contributed by atoms with E-state index in [1.165, 1.54) is 11.6 Å². The molecule has 36 heavy (non-hydrogen) atoms. The Balaban J connectivity index is 1.75. The smallest absolute Gasteiger partial charge is 0.133 e. The first-order chi connectivity index (χ1) is 17.3. The molecule has 0 spiro atoms. The molecule has 1 aromatic heterocycles. The van der Waals surface area contributed by atoms with Crippen molar-refractivity contribution in [2.24, 2.45) is 5.92 Å². The Morgan fingerprint density at radius 1 is 1.25 bits per heavy atom. The number of ether oxygens (including phenoxy) is 1. The van der Waals surface area contributed by atoms with Crippen molar-refractivity contribution in [3.05, 3.63) is 64.6 Å². The number of carbonyl (C=O) groups excluding carboxylic acids is 1. The van der Waals surface area contributed by atoms with E-state index >= 15 is 4.39 Å². The number of hydrogen-bond acceptors (Lipinski definition) is 4. The Bertz CT molecular complexity index is 1210. The fraction of sp³-hybridized carbons (Fsp3) is 0.483. The number of aromatic nitrogens is 1. The molecule has 7 heteroatoms. The molecule has 1 aliphatic heterocycles. The average Bonchev–Trinajstić information content (AvgIpc) is 3.22. The maximum absolute atomic E-state index is 15.7. The molecule has 2 N–H and O–H groups in total. The normalized spacial score (nSPS) is 18.8. The second kappa shape index (κ2) is 11.5. The number of nitrogens with one attached hydrogen (secondary N) is 2. The minimum atomic E-state index is -0.371. The molecule has 0 radical (unpaired) electrons. The fourth-order valence-corrected chi connectivity index (χ4v) is 5.26. The van der Waals surface area contributed by atoms with E-state index in [4.69, 9.17) is 4.74 Å². The first-order valence-corrected chi connectivity index (χ1v) is 12.9. The number of carbonyl (C=O) groups is 1. The molecule has 3 atom stereocenters. The SMILES string of the molecule is CC(=O)C(C)CN1C(c2c(F)ccc(OCCNCCCF)c2C)c2[nH]c3ccccc3c2C[C@H]1C. The van der Waals surface area contributed by atoms with E-state index in [2.05, 4.69) is 34.3 Å². The minimum Gasteiger partial charge on any atom is -0.492 e. The summed E-state index contributed by atoms with van der Waals surface area (Å²) in [6, 6.07) is 11.1. The predicted molar refractivity (Wildman–Crippen MR) is 140 cm³/mol. The summed E-state index contributed by atoms with van der Waals surface area (Å²) in [5.41, 5.74) is 4.55. The number of para-hydroxylation sites is 1. The van der Waals surface area contributed by atoms with Crippen LogP contribution in [0.15, 0.2) is 36.4 Å². The molecule has 0 bridgehead atoms. The molecule has 0 saturated heterocycles. The second-order valence-electron chi connectivity index (χ2n) is 9.95. The van der Waals surface area contributed by atoms with Crippen LogP contribution in [0.5, 0.6) is 5.75 Å². The summed E-state index contributed by atoms with van der Waals surface area (Å²) >= 11 is 0. The highest BCUT2D eigenvalue weighted by molar-refractivity contribution is 5.85. The van der Waals surface area contributed by atoms with Crippen LogP contribution < -0.4 is 10.1 Å². The van der Waals surface area contributed by atoms with Crippen LogP contribution in [0.3, 0.4) is 0 Å². The fourth-order valence-electron chi connectivity index (χ4n) is 5.26. The van der Waals surface area contributed by atoms with Crippen molar-refractivity contribution in [2.45, 2.75) is 52.6 Å². The third-order valence-electron chi connectivity index (χ3n) is 7.41. The largest absolute Gasteiger partial charge is 0.492 e. The summed E-state index contributed by atoms with van der Waals surface area (Å²) in [6.07, 6.45) is 1.29. The standard InChI is InChI=1S/C29H37F2N3O2/c1-18(21(4)35)17-34-19(2)16-23-22-8-5-6-9-25(22)33-28(23)29(34)27-20(3)26(11-10-24(27)31)36-15-14-32-13-7-12-30/h5-6,8-11,18-19,29,32-33H,7,12-17H2,1-4H3/t18?,19-,29?/m1/s1. The Labute approximate surface area is 212 Å². The topological polar surface area (TPSA) is 57.4 Å². The molecule has 5 nitrogen and oxygen atoms in total. The lowest BCUT2D eigenvalue weighted by molar-refractivity contribution is -0.121. The summed E-state index contributed by atoms with van der Waals surface area (Å²) in [7, 11) is 0. The van der Waals surface area contributed by atoms with E-state index in [-0.39, 0.29) is 36.3 Å². The van der Waals surface area contributed by atoms with Gasteiger partial charge >= 0.3 is 0 Å². The van der Waals surface area contributed by atoms with Gasteiger partial charge in [-0.15, -0.1) is 0 Å². The number of Topliss-reactive ketones (excluding diaryl/α,β-unsaturated/α-hetero) is 1. The van der Waals surface area contributed by atoms with E-state index in [0.29, 0.717) is 44.0 Å². The van der Waals surface area contributed by atoms with Gasteiger partial charge in [-0.25, -0.2) is 4.39 Å². The molecule has 2 aromatic carbocycles. The highest BCUT2D eigenvalue weighted by atomic mass is 19.1. The maximum Gasteiger partial charge on any atom is 0.133 e. The molecule has 0 fully saturated rings. The molecule has 0 amide bonds. The molecule has 1 aliphatic rings. The van der Waals surface area contributed by atoms with Crippen molar-refractivity contribution in [3.63, 3.8) is 0 Å². The lowest BCUT2D eigenvalue weighted by Gasteiger charge is -2.42. The number of ketones is 1. The van der Waals surface area contributed by atoms with E-state index in [1.54, 1.807) is 13.0 Å². The molecular formula is C29H37F2N3O2. The number of aromatic amines is 1. The number of nitrogens with zero attached hydrogens (tertiary/aromatic N) is 1. The molecule has 3 aromatic rings. The highest BCUT2D eigenvalue weighted by Crippen LogP contribution is 2.44. The van der Waals surface area contributed by atoms with Gasteiger partial charge in [0.15, 0.2) is 0 Å². The van der Waals surface area contributed by atoms with Gasteiger partial charge < -0.3 is 15.0 Å². The molecular weight excluding hydrogens is 460 g/mol. The van der Waals surface area contributed by atoms with Gasteiger partial charge in [0.1, 0.15) is 24.0 Å². The second-order valence-corrected chi connectivity index (χ2v) is 9.95. The van der Waals surface area contributed by atoms with Crippen LogP contribution in [0.1, 0.15) is 55.6 Å². The van der Waals surface area contributed by atoms with Gasteiger partial charge in [-0.2, -0.15) is 0 Å². The summed E-state index contributed by atoms with van der Waals surface area (Å²) < 4.78 is 34.0. The van der Waals surface area contributed by atoms with Crippen LogP contribution >= 0.6 is 0 Å². The summed E-state index contributed by atoms with van der Waals surface area (Å²) in [6.45, 7) is 9.39. The van der Waals surface area contributed by atoms with Crippen LogP contribution in [-0.4, -0.2) is 54.6 Å².